The highest BCUT2D eigenvalue weighted by Crippen LogP contribution is 2.18. The van der Waals surface area contributed by atoms with Crippen LogP contribution < -0.4 is 10.5 Å². The summed E-state index contributed by atoms with van der Waals surface area (Å²) in [6.07, 6.45) is 4.38. The summed E-state index contributed by atoms with van der Waals surface area (Å²) < 4.78 is 5.62. The molecule has 0 aromatic heterocycles. The Bertz CT molecular complexity index is 425. The number of rotatable bonds is 5. The quantitative estimate of drug-likeness (QED) is 0.643. The van der Waals surface area contributed by atoms with E-state index in [-0.39, 0.29) is 5.54 Å². The molecule has 0 bridgehead atoms. The van der Waals surface area contributed by atoms with Crippen LogP contribution in [0.5, 0.6) is 5.75 Å². The van der Waals surface area contributed by atoms with Crippen molar-refractivity contribution < 1.29 is 4.74 Å². The Hall–Kier alpha value is -1.61. The van der Waals surface area contributed by atoms with Crippen molar-refractivity contribution in [2.24, 2.45) is 10.7 Å². The lowest BCUT2D eigenvalue weighted by molar-refractivity contribution is 0.420. The minimum absolute atomic E-state index is 0.191. The van der Waals surface area contributed by atoms with Gasteiger partial charge in [-0.15, -0.1) is 0 Å². The van der Waals surface area contributed by atoms with E-state index in [1.807, 2.05) is 71.9 Å². The van der Waals surface area contributed by atoms with Crippen molar-refractivity contribution in [1.29, 1.82) is 0 Å². The first-order valence-corrected chi connectivity index (χ1v) is 7.15. The van der Waals surface area contributed by atoms with Crippen LogP contribution in [-0.2, 0) is 6.42 Å². The van der Waals surface area contributed by atoms with Crippen molar-refractivity contribution in [2.75, 3.05) is 0 Å². The number of nitrogens with zero attached hydrogens (tertiary/aromatic N) is 1. The molecule has 0 aliphatic rings. The zero-order chi connectivity index (χ0) is 15.6. The van der Waals surface area contributed by atoms with Crippen LogP contribution in [0.4, 0.5) is 0 Å². The van der Waals surface area contributed by atoms with E-state index in [0.717, 1.165) is 12.2 Å². The molecule has 3 nitrogen and oxygen atoms in total. The zero-order valence-electron chi connectivity index (χ0n) is 13.6. The van der Waals surface area contributed by atoms with Crippen molar-refractivity contribution in [2.45, 2.75) is 53.5 Å². The van der Waals surface area contributed by atoms with Crippen molar-refractivity contribution in [3.8, 4) is 5.75 Å². The molecule has 3 heteroatoms. The topological polar surface area (TPSA) is 47.6 Å². The molecule has 0 saturated heterocycles. The molecule has 2 N–H and O–H groups in total. The zero-order valence-corrected chi connectivity index (χ0v) is 13.6. The van der Waals surface area contributed by atoms with E-state index < -0.39 is 0 Å². The van der Waals surface area contributed by atoms with E-state index in [4.69, 9.17) is 10.5 Å². The minimum Gasteiger partial charge on any atom is -0.439 e. The standard InChI is InChI=1S/C15H22N2O.C2H6/c1-5-14(17-6-2)18-13-9-7-12(8-10-13)11-15(3,4)16;1-2/h5-10H,11,16H2,1-4H3;1-2H3/b14-5+,17-6-;. The van der Waals surface area contributed by atoms with E-state index >= 15 is 0 Å². The van der Waals surface area contributed by atoms with Gasteiger partial charge in [0.2, 0.25) is 5.88 Å². The molecule has 1 aromatic carbocycles. The lowest BCUT2D eigenvalue weighted by Gasteiger charge is -2.18. The van der Waals surface area contributed by atoms with Gasteiger partial charge in [0.25, 0.3) is 0 Å². The minimum atomic E-state index is -0.191. The van der Waals surface area contributed by atoms with Gasteiger partial charge in [-0.1, -0.05) is 26.0 Å². The number of allylic oxidation sites excluding steroid dienone is 1. The van der Waals surface area contributed by atoms with Gasteiger partial charge >= 0.3 is 0 Å². The van der Waals surface area contributed by atoms with E-state index in [9.17, 15) is 0 Å². The van der Waals surface area contributed by atoms with Gasteiger partial charge in [-0.25, -0.2) is 4.99 Å². The molecule has 112 valence electrons. The number of ether oxygens (including phenoxy) is 1. The van der Waals surface area contributed by atoms with Crippen LogP contribution in [0.25, 0.3) is 0 Å². The van der Waals surface area contributed by atoms with Crippen molar-refractivity contribution in [3.05, 3.63) is 41.8 Å². The largest absolute Gasteiger partial charge is 0.439 e. The maximum absolute atomic E-state index is 5.99. The first-order chi connectivity index (χ1) is 9.44. The Labute approximate surface area is 123 Å². The average Bonchev–Trinajstić information content (AvgIpc) is 2.41. The molecule has 0 fully saturated rings. The third-order valence-corrected chi connectivity index (χ3v) is 2.31. The number of hydrogen-bond acceptors (Lipinski definition) is 3. The monoisotopic (exact) mass is 276 g/mol. The summed E-state index contributed by atoms with van der Waals surface area (Å²) >= 11 is 0. The SMILES string of the molecule is C/C=N\C(=C/C)Oc1ccc(CC(C)(C)N)cc1.CC. The number of nitrogens with two attached hydrogens (primary N) is 1. The normalized spacial score (nSPS) is 12.1. The third kappa shape index (κ3) is 7.74. The molecule has 0 aliphatic heterocycles. The molecule has 0 aliphatic carbocycles. The van der Waals surface area contributed by atoms with Gasteiger partial charge in [-0.05, 0) is 57.9 Å². The predicted molar refractivity (Wildman–Crippen MR) is 88.3 cm³/mol. The van der Waals surface area contributed by atoms with Gasteiger partial charge in [0.15, 0.2) is 0 Å². The van der Waals surface area contributed by atoms with Crippen LogP contribution in [0, 0.1) is 0 Å². The molecule has 0 atom stereocenters. The van der Waals surface area contributed by atoms with E-state index in [1.54, 1.807) is 6.21 Å². The van der Waals surface area contributed by atoms with Crippen molar-refractivity contribution in [1.82, 2.24) is 0 Å². The first kappa shape index (κ1) is 18.4. The van der Waals surface area contributed by atoms with E-state index in [0.29, 0.717) is 5.88 Å². The fourth-order valence-electron chi connectivity index (χ4n) is 1.61. The van der Waals surface area contributed by atoms with Crippen LogP contribution in [0.1, 0.15) is 47.1 Å². The van der Waals surface area contributed by atoms with Gasteiger partial charge < -0.3 is 10.5 Å². The summed E-state index contributed by atoms with van der Waals surface area (Å²) in [6.45, 7) is 11.8. The molecular formula is C17H28N2O. The number of aliphatic imine (C=N–C) groups is 1. The molecule has 0 radical (unpaired) electrons. The fourth-order valence-corrected chi connectivity index (χ4v) is 1.61. The first-order valence-electron chi connectivity index (χ1n) is 7.15. The summed E-state index contributed by atoms with van der Waals surface area (Å²) in [5.41, 5.74) is 7.00. The maximum atomic E-state index is 5.99. The highest BCUT2D eigenvalue weighted by Gasteiger charge is 2.11. The van der Waals surface area contributed by atoms with Gasteiger partial charge in [0.1, 0.15) is 5.75 Å². The van der Waals surface area contributed by atoms with Gasteiger partial charge in [-0.2, -0.15) is 0 Å². The molecule has 1 rings (SSSR count). The molecule has 20 heavy (non-hydrogen) atoms. The van der Waals surface area contributed by atoms with Gasteiger partial charge in [0, 0.05) is 11.8 Å². The molecule has 0 unspecified atom stereocenters. The Morgan fingerprint density at radius 1 is 1.20 bits per heavy atom. The molecule has 0 saturated carbocycles. The fraction of sp³-hybridized carbons (Fsp3) is 0.471. The Morgan fingerprint density at radius 3 is 2.15 bits per heavy atom. The number of benzene rings is 1. The molecule has 0 heterocycles. The van der Waals surface area contributed by atoms with E-state index in [2.05, 4.69) is 4.99 Å². The van der Waals surface area contributed by atoms with Crippen LogP contribution >= 0.6 is 0 Å². The van der Waals surface area contributed by atoms with E-state index in [1.165, 1.54) is 5.56 Å². The van der Waals surface area contributed by atoms with Gasteiger partial charge in [0.05, 0.1) is 0 Å². The average molecular weight is 276 g/mol. The van der Waals surface area contributed by atoms with Crippen molar-refractivity contribution in [3.63, 3.8) is 0 Å². The second kappa shape index (κ2) is 9.32. The summed E-state index contributed by atoms with van der Waals surface area (Å²) in [6, 6.07) is 7.95. The Morgan fingerprint density at radius 2 is 1.75 bits per heavy atom. The Kier molecular flexibility index (Phi) is 8.57. The third-order valence-electron chi connectivity index (χ3n) is 2.31. The second-order valence-corrected chi connectivity index (χ2v) is 4.93. The summed E-state index contributed by atoms with van der Waals surface area (Å²) in [7, 11) is 0. The summed E-state index contributed by atoms with van der Waals surface area (Å²) in [5, 5.41) is 0. The number of hydrogen-bond donors (Lipinski definition) is 1. The highest BCUT2D eigenvalue weighted by atomic mass is 16.5. The molecule has 0 amide bonds. The van der Waals surface area contributed by atoms with Crippen LogP contribution in [0.3, 0.4) is 0 Å². The summed E-state index contributed by atoms with van der Waals surface area (Å²) in [4.78, 5) is 4.11. The van der Waals surface area contributed by atoms with Gasteiger partial charge in [-0.3, -0.25) is 0 Å². The predicted octanol–water partition coefficient (Wildman–Crippen LogP) is 4.32. The van der Waals surface area contributed by atoms with Crippen molar-refractivity contribution >= 4 is 6.21 Å². The van der Waals surface area contributed by atoms with Crippen LogP contribution in [0.2, 0.25) is 0 Å². The molecular weight excluding hydrogens is 248 g/mol. The highest BCUT2D eigenvalue weighted by molar-refractivity contribution is 5.54. The smallest absolute Gasteiger partial charge is 0.214 e. The van der Waals surface area contributed by atoms with Crippen LogP contribution in [0.15, 0.2) is 41.2 Å². The second-order valence-electron chi connectivity index (χ2n) is 4.93. The summed E-state index contributed by atoms with van der Waals surface area (Å²) in [5.74, 6) is 1.39. The van der Waals surface area contributed by atoms with Crippen LogP contribution in [-0.4, -0.2) is 11.8 Å². The maximum Gasteiger partial charge on any atom is 0.214 e. The lowest BCUT2D eigenvalue weighted by atomic mass is 9.96. The molecule has 0 spiro atoms. The Balaban J connectivity index is 0.00000172. The molecule has 1 aromatic rings. The lowest BCUT2D eigenvalue weighted by Crippen LogP contribution is -2.34.